The van der Waals surface area contributed by atoms with Crippen LogP contribution in [0, 0.1) is 0 Å². The van der Waals surface area contributed by atoms with Crippen LogP contribution in [0.25, 0.3) is 0 Å². The maximum absolute atomic E-state index is 5.19. The summed E-state index contributed by atoms with van der Waals surface area (Å²) in [5.74, 6) is 0. The van der Waals surface area contributed by atoms with Crippen molar-refractivity contribution in [1.82, 2.24) is 10.3 Å². The summed E-state index contributed by atoms with van der Waals surface area (Å²) in [6, 6.07) is 9.88. The highest BCUT2D eigenvalue weighted by atomic mass is 32.1. The Labute approximate surface area is 110 Å². The zero-order chi connectivity index (χ0) is 11.9. The Hall–Kier alpha value is -1.46. The molecule has 2 N–H and O–H groups in total. The number of nitrogens with one attached hydrogen (secondary N) is 2. The van der Waals surface area contributed by atoms with Crippen LogP contribution in [0.4, 0.5) is 5.69 Å². The third-order valence-electron chi connectivity index (χ3n) is 2.14. The second-order valence-electron chi connectivity index (χ2n) is 3.42. The van der Waals surface area contributed by atoms with Gasteiger partial charge in [-0.3, -0.25) is 0 Å². The molecular weight excluding hydrogens is 250 g/mol. The van der Waals surface area contributed by atoms with Crippen molar-refractivity contribution in [3.63, 3.8) is 0 Å². The minimum atomic E-state index is 0.646. The van der Waals surface area contributed by atoms with Crippen LogP contribution in [0.1, 0.15) is 5.01 Å². The molecule has 0 saturated carbocycles. The Morgan fingerprint density at radius 3 is 2.82 bits per heavy atom. The molecule has 0 radical (unpaired) electrons. The molecule has 0 atom stereocenters. The molecule has 0 spiro atoms. The minimum absolute atomic E-state index is 0.646. The van der Waals surface area contributed by atoms with Crippen LogP contribution in [0.5, 0.6) is 0 Å². The first-order valence-corrected chi connectivity index (χ1v) is 6.61. The molecule has 88 valence electrons. The van der Waals surface area contributed by atoms with Crippen LogP contribution >= 0.6 is 23.6 Å². The summed E-state index contributed by atoms with van der Waals surface area (Å²) in [6.07, 6.45) is 2.72. The van der Waals surface area contributed by atoms with Gasteiger partial charge in [-0.15, -0.1) is 11.3 Å². The largest absolute Gasteiger partial charge is 0.362 e. The fraction of sp³-hybridized carbons (Fsp3) is 0.167. The van der Waals surface area contributed by atoms with Crippen LogP contribution in [0.2, 0.25) is 0 Å². The lowest BCUT2D eigenvalue weighted by molar-refractivity contribution is 0.865. The Morgan fingerprint density at radius 1 is 1.29 bits per heavy atom. The van der Waals surface area contributed by atoms with Crippen LogP contribution in [0.15, 0.2) is 41.9 Å². The molecule has 1 aromatic carbocycles. The first-order chi connectivity index (χ1) is 8.34. The number of hydrogen-bond acceptors (Lipinski definition) is 3. The predicted octanol–water partition coefficient (Wildman–Crippen LogP) is 2.67. The highest BCUT2D eigenvalue weighted by Gasteiger charge is 1.98. The van der Waals surface area contributed by atoms with Crippen molar-refractivity contribution in [2.24, 2.45) is 0 Å². The van der Waals surface area contributed by atoms with Gasteiger partial charge in [0.15, 0.2) is 5.11 Å². The van der Waals surface area contributed by atoms with Gasteiger partial charge in [0, 0.05) is 30.2 Å². The number of anilines is 1. The van der Waals surface area contributed by atoms with E-state index in [9.17, 15) is 0 Å². The summed E-state index contributed by atoms with van der Waals surface area (Å²) in [5, 5.41) is 10.0. The number of hydrogen-bond donors (Lipinski definition) is 2. The van der Waals surface area contributed by atoms with Crippen molar-refractivity contribution in [2.75, 3.05) is 11.9 Å². The second-order valence-corrected chi connectivity index (χ2v) is 4.81. The van der Waals surface area contributed by atoms with Crippen molar-refractivity contribution >= 4 is 34.4 Å². The summed E-state index contributed by atoms with van der Waals surface area (Å²) in [4.78, 5) is 4.21. The van der Waals surface area contributed by atoms with Crippen LogP contribution in [-0.2, 0) is 6.42 Å². The number of thiocarbonyl (C=S) groups is 1. The third kappa shape index (κ3) is 4.13. The molecule has 17 heavy (non-hydrogen) atoms. The van der Waals surface area contributed by atoms with Crippen molar-refractivity contribution in [1.29, 1.82) is 0 Å². The van der Waals surface area contributed by atoms with E-state index in [0.717, 1.165) is 23.7 Å². The van der Waals surface area contributed by atoms with Gasteiger partial charge in [0.25, 0.3) is 0 Å². The van der Waals surface area contributed by atoms with Gasteiger partial charge in [0.2, 0.25) is 0 Å². The fourth-order valence-electron chi connectivity index (χ4n) is 1.36. The van der Waals surface area contributed by atoms with Crippen LogP contribution < -0.4 is 10.6 Å². The first-order valence-electron chi connectivity index (χ1n) is 5.33. The molecule has 1 aromatic heterocycles. The van der Waals surface area contributed by atoms with E-state index < -0.39 is 0 Å². The van der Waals surface area contributed by atoms with Gasteiger partial charge in [-0.25, -0.2) is 4.98 Å². The molecule has 0 aliphatic carbocycles. The molecule has 1 heterocycles. The van der Waals surface area contributed by atoms with Gasteiger partial charge in [-0.1, -0.05) is 18.2 Å². The van der Waals surface area contributed by atoms with Gasteiger partial charge in [0.1, 0.15) is 0 Å². The van der Waals surface area contributed by atoms with Gasteiger partial charge >= 0.3 is 0 Å². The lowest BCUT2D eigenvalue weighted by Gasteiger charge is -2.09. The number of benzene rings is 1. The molecule has 2 rings (SSSR count). The van der Waals surface area contributed by atoms with Gasteiger partial charge in [-0.2, -0.15) is 0 Å². The van der Waals surface area contributed by atoms with E-state index in [-0.39, 0.29) is 0 Å². The summed E-state index contributed by atoms with van der Waals surface area (Å²) in [7, 11) is 0. The molecule has 0 aliphatic rings. The lowest BCUT2D eigenvalue weighted by Crippen LogP contribution is -2.30. The number of nitrogens with zero attached hydrogens (tertiary/aromatic N) is 1. The molecule has 0 amide bonds. The second kappa shape index (κ2) is 6.32. The smallest absolute Gasteiger partial charge is 0.170 e. The Kier molecular flexibility index (Phi) is 4.46. The Balaban J connectivity index is 1.71. The van der Waals surface area contributed by atoms with Crippen molar-refractivity contribution in [3.05, 3.63) is 46.9 Å². The van der Waals surface area contributed by atoms with Gasteiger partial charge in [0.05, 0.1) is 5.01 Å². The van der Waals surface area contributed by atoms with E-state index in [0.29, 0.717) is 5.11 Å². The molecule has 0 fully saturated rings. The normalized spacial score (nSPS) is 9.88. The lowest BCUT2D eigenvalue weighted by atomic mass is 10.3. The SMILES string of the molecule is S=C(NCCc1nccs1)Nc1ccccc1. The molecule has 0 unspecified atom stereocenters. The van der Waals surface area contributed by atoms with Crippen molar-refractivity contribution in [3.8, 4) is 0 Å². The van der Waals surface area contributed by atoms with E-state index in [2.05, 4.69) is 15.6 Å². The van der Waals surface area contributed by atoms with E-state index in [1.54, 1.807) is 11.3 Å². The maximum Gasteiger partial charge on any atom is 0.170 e. The number of thiazole rings is 1. The molecule has 2 aromatic rings. The number of para-hydroxylation sites is 1. The number of aromatic nitrogens is 1. The van der Waals surface area contributed by atoms with Gasteiger partial charge < -0.3 is 10.6 Å². The predicted molar refractivity (Wildman–Crippen MR) is 76.5 cm³/mol. The Bertz CT molecular complexity index is 454. The van der Waals surface area contributed by atoms with Crippen molar-refractivity contribution < 1.29 is 0 Å². The molecule has 3 nitrogen and oxygen atoms in total. The summed E-state index contributed by atoms with van der Waals surface area (Å²) < 4.78 is 0. The zero-order valence-corrected chi connectivity index (χ0v) is 10.9. The van der Waals surface area contributed by atoms with E-state index >= 15 is 0 Å². The summed E-state index contributed by atoms with van der Waals surface area (Å²) in [5.41, 5.74) is 0.999. The number of rotatable bonds is 4. The highest BCUT2D eigenvalue weighted by Crippen LogP contribution is 2.05. The third-order valence-corrected chi connectivity index (χ3v) is 3.23. The monoisotopic (exact) mass is 263 g/mol. The first kappa shape index (κ1) is 12.0. The molecular formula is C12H13N3S2. The standard InChI is InChI=1S/C12H13N3S2/c16-12(15-10-4-2-1-3-5-10)14-7-6-11-13-8-9-17-11/h1-5,8-9H,6-7H2,(H2,14,15,16). The molecule has 5 heteroatoms. The quantitative estimate of drug-likeness (QED) is 0.832. The van der Waals surface area contributed by atoms with Crippen LogP contribution in [-0.4, -0.2) is 16.6 Å². The Morgan fingerprint density at radius 2 is 2.12 bits per heavy atom. The molecule has 0 aliphatic heterocycles. The average molecular weight is 263 g/mol. The van der Waals surface area contributed by atoms with E-state index in [1.807, 2.05) is 41.9 Å². The van der Waals surface area contributed by atoms with Gasteiger partial charge in [-0.05, 0) is 24.4 Å². The average Bonchev–Trinajstić information content (AvgIpc) is 2.83. The fourth-order valence-corrected chi connectivity index (χ4v) is 2.20. The molecule has 0 saturated heterocycles. The highest BCUT2D eigenvalue weighted by molar-refractivity contribution is 7.80. The topological polar surface area (TPSA) is 37.0 Å². The minimum Gasteiger partial charge on any atom is -0.362 e. The molecule has 0 bridgehead atoms. The van der Waals surface area contributed by atoms with Crippen LogP contribution in [0.3, 0.4) is 0 Å². The van der Waals surface area contributed by atoms with E-state index in [4.69, 9.17) is 12.2 Å². The zero-order valence-electron chi connectivity index (χ0n) is 9.22. The maximum atomic E-state index is 5.19. The van der Waals surface area contributed by atoms with E-state index in [1.165, 1.54) is 0 Å². The van der Waals surface area contributed by atoms with Crippen molar-refractivity contribution in [2.45, 2.75) is 6.42 Å². The summed E-state index contributed by atoms with van der Waals surface area (Å²) >= 11 is 6.86. The summed E-state index contributed by atoms with van der Waals surface area (Å²) in [6.45, 7) is 0.798.